The van der Waals surface area contributed by atoms with Crippen LogP contribution in [0.5, 0.6) is 0 Å². The van der Waals surface area contributed by atoms with Crippen molar-refractivity contribution < 1.29 is 37.3 Å². The second kappa shape index (κ2) is 23.3. The van der Waals surface area contributed by atoms with Crippen molar-refractivity contribution in [2.75, 3.05) is 30.6 Å². The number of carbonyl (C=O) groups is 2. The molecule has 4 aromatic heterocycles. The van der Waals surface area contributed by atoms with Gasteiger partial charge in [-0.15, -0.1) is 0 Å². The van der Waals surface area contributed by atoms with Crippen molar-refractivity contribution in [2.24, 2.45) is 11.8 Å². The fourth-order valence-corrected chi connectivity index (χ4v) is 12.7. The molecule has 21 nitrogen and oxygen atoms in total. The zero-order chi connectivity index (χ0) is 52.2. The standard InChI is InChI=1S/C20H33N6O5P.C20H33N6O4P.2CH4/c1-10(2)26(11(3)4)32(7)31-16-12(5)19(30-14(16)8-27)25-9-21-15-17(25)23-20(22-13(6)28)24-18(15)29;1-10(2)26(11(3)4)31(8)30-16-12(5)19(29-13(16)6)25-9-21-15-17(25)23-20(22-14(7)27)24-18(15)28;;/h9-12,14,16,19,27H,8H2,1-7H3,(H2,22,23,24,28,29);9-13,16,19H,1-8H3,(H2,22,23,24,27,28);2*1H4/t12-,14+,16?,19+,32?;12-,13+,16?,19+,31?;;/m00../s1/i27D;6D;2*1T. The Hall–Kier alpha value is -3.78. The van der Waals surface area contributed by atoms with E-state index in [1.807, 2.05) is 13.8 Å². The summed E-state index contributed by atoms with van der Waals surface area (Å²) in [7, 11) is 0.667. The van der Waals surface area contributed by atoms with E-state index in [1.54, 1.807) is 9.13 Å². The van der Waals surface area contributed by atoms with E-state index in [9.17, 15) is 19.2 Å². The Bertz CT molecular complexity index is 2360. The molecule has 4 aromatic rings. The van der Waals surface area contributed by atoms with E-state index in [0.717, 1.165) is 0 Å². The molecule has 5 N–H and O–H groups in total. The van der Waals surface area contributed by atoms with Crippen LogP contribution in [0.1, 0.15) is 121 Å². The van der Waals surface area contributed by atoms with Crippen LogP contribution in [0.25, 0.3) is 22.3 Å². The topological polar surface area (TPSA) is 249 Å². The van der Waals surface area contributed by atoms with E-state index >= 15 is 0 Å². The number of amides is 2. The molecule has 6 heterocycles. The number of carbonyl (C=O) groups excluding carboxylic acids is 2. The highest BCUT2D eigenvalue weighted by Crippen LogP contribution is 2.49. The highest BCUT2D eigenvalue weighted by Gasteiger charge is 2.46. The number of anilines is 2. The van der Waals surface area contributed by atoms with Gasteiger partial charge in [0, 0.05) is 54.0 Å². The van der Waals surface area contributed by atoms with E-state index in [0.29, 0.717) is 29.8 Å². The van der Waals surface area contributed by atoms with Gasteiger partial charge in [0.1, 0.15) is 35.2 Å². The number of aliphatic hydroxyl groups excluding tert-OH is 1. The molecule has 65 heavy (non-hydrogen) atoms. The minimum Gasteiger partial charge on any atom is -0.394 e. The third-order valence-electron chi connectivity index (χ3n) is 10.8. The Labute approximate surface area is 390 Å². The minimum atomic E-state index is -0.936. The van der Waals surface area contributed by atoms with Crippen molar-refractivity contribution in [3.8, 4) is 0 Å². The van der Waals surface area contributed by atoms with Crippen molar-refractivity contribution in [1.29, 1.82) is 1.43 Å². The second-order valence-corrected chi connectivity index (χ2v) is 20.3. The fraction of sp³-hybridized carbons (Fsp3) is 0.714. The number of fused-ring (bicyclic) bond motifs is 2. The number of aliphatic hydroxyl groups is 1. The van der Waals surface area contributed by atoms with Gasteiger partial charge in [0.05, 0.1) is 37.6 Å². The third-order valence-corrected chi connectivity index (χ3v) is 15.0. The first-order chi connectivity index (χ1) is 32.6. The molecule has 0 spiro atoms. The summed E-state index contributed by atoms with van der Waals surface area (Å²) in [5.74, 6) is -0.880. The largest absolute Gasteiger partial charge is 0.394 e. The predicted molar refractivity (Wildman–Crippen MR) is 257 cm³/mol. The average molecular weight is 959 g/mol. The molecule has 23 heteroatoms. The molecule has 0 aromatic carbocycles. The van der Waals surface area contributed by atoms with Crippen LogP contribution < -0.4 is 21.8 Å². The number of hydrogen-bond donors (Lipinski definition) is 5. The monoisotopic (exact) mass is 959 g/mol. The molecule has 0 aliphatic carbocycles. The van der Waals surface area contributed by atoms with Crippen LogP contribution in [0.3, 0.4) is 0 Å². The van der Waals surface area contributed by atoms with Crippen LogP contribution >= 0.6 is 16.6 Å². The van der Waals surface area contributed by atoms with E-state index in [1.165, 1.54) is 41.3 Å². The SMILES string of the molecule is [2H]C[C@H]1O[C@@H](n2cnc3c(=O)[nH]c(NC(C)=O)nc32)[C@@H](C)C1OP(C)N(C(C)C)C(C)C.[2H]OC[C@H]1O[C@@H](n2cnc3c(=O)[nH]c(NC(C)=O)nc32)[C@@H](C)C1OP(C)N(C(C)C)C(C)C.[3H]C.[3H]C. The van der Waals surface area contributed by atoms with Crippen molar-refractivity contribution in [1.82, 2.24) is 48.4 Å². The van der Waals surface area contributed by atoms with Gasteiger partial charge in [-0.3, -0.25) is 58.3 Å². The molecule has 2 aliphatic heterocycles. The third kappa shape index (κ3) is 12.4. The van der Waals surface area contributed by atoms with Crippen molar-refractivity contribution in [3.63, 3.8) is 0 Å². The van der Waals surface area contributed by atoms with E-state index in [4.69, 9.17) is 24.1 Å². The second-order valence-electron chi connectivity index (χ2n) is 17.1. The number of aromatic amines is 2. The lowest BCUT2D eigenvalue weighted by molar-refractivity contribution is -0.115. The molecule has 0 saturated carbocycles. The molecule has 366 valence electrons. The van der Waals surface area contributed by atoms with Crippen LogP contribution in [0.4, 0.5) is 11.9 Å². The summed E-state index contributed by atoms with van der Waals surface area (Å²) in [6, 6.07) is 1.27. The summed E-state index contributed by atoms with van der Waals surface area (Å²) >= 11 is 0. The Morgan fingerprint density at radius 2 is 1.22 bits per heavy atom. The highest BCUT2D eigenvalue weighted by molar-refractivity contribution is 7.49. The lowest BCUT2D eigenvalue weighted by Gasteiger charge is -2.37. The molecule has 2 aliphatic rings. The summed E-state index contributed by atoms with van der Waals surface area (Å²) in [5, 5.41) is 9.67. The van der Waals surface area contributed by atoms with Gasteiger partial charge in [-0.1, -0.05) is 28.7 Å². The molecule has 2 fully saturated rings. The number of imidazole rings is 2. The maximum Gasteiger partial charge on any atom is 0.280 e. The summed E-state index contributed by atoms with van der Waals surface area (Å²) < 4.78 is 60.3. The summed E-state index contributed by atoms with van der Waals surface area (Å²) in [6.45, 7) is 28.1. The first-order valence-electron chi connectivity index (χ1n) is 24.3. The summed E-state index contributed by atoms with van der Waals surface area (Å²) in [6.07, 6.45) is 0.421. The first kappa shape index (κ1) is 49.1. The van der Waals surface area contributed by atoms with E-state index < -0.39 is 52.4 Å². The number of nitrogens with one attached hydrogen (secondary N) is 4. The van der Waals surface area contributed by atoms with Crippen LogP contribution in [-0.2, 0) is 28.1 Å². The molecule has 4 unspecified atom stereocenters. The quantitative estimate of drug-likeness (QED) is 0.0763. The van der Waals surface area contributed by atoms with Gasteiger partial charge in [0.2, 0.25) is 25.1 Å². The molecule has 0 bridgehead atoms. The number of rotatable bonds is 16. The zero-order valence-electron chi connectivity index (χ0n) is 44.6. The van der Waals surface area contributed by atoms with E-state index in [2.05, 4.69) is 124 Å². The number of H-pyrrole nitrogens is 2. The lowest BCUT2D eigenvalue weighted by Crippen LogP contribution is -2.36. The van der Waals surface area contributed by atoms with Crippen LogP contribution in [0, 0.1) is 11.8 Å². The van der Waals surface area contributed by atoms with Crippen LogP contribution in [-0.4, -0.2) is 135 Å². The normalized spacial score (nSPS) is 24.8. The Morgan fingerprint density at radius 3 is 1.60 bits per heavy atom. The minimum absolute atomic E-state index is 0.0350. The Kier molecular flexibility index (Phi) is 17.6. The number of nitrogens with zero attached hydrogens (tertiary/aromatic N) is 8. The van der Waals surface area contributed by atoms with Gasteiger partial charge in [0.25, 0.3) is 11.1 Å². The van der Waals surface area contributed by atoms with Crippen LogP contribution in [0.15, 0.2) is 22.2 Å². The van der Waals surface area contributed by atoms with E-state index in [-0.39, 0.29) is 77.9 Å². The maximum absolute atomic E-state index is 12.4. The number of ether oxygens (including phenoxy) is 2. The van der Waals surface area contributed by atoms with Gasteiger partial charge < -0.3 is 23.6 Å². The van der Waals surface area contributed by atoms with Gasteiger partial charge in [-0.25, -0.2) is 9.97 Å². The lowest BCUT2D eigenvalue weighted by atomic mass is 10.0. The highest BCUT2D eigenvalue weighted by atomic mass is 31.2. The van der Waals surface area contributed by atoms with Crippen molar-refractivity contribution >= 4 is 62.6 Å². The van der Waals surface area contributed by atoms with Gasteiger partial charge in [-0.2, -0.15) is 9.97 Å². The van der Waals surface area contributed by atoms with Gasteiger partial charge in [0.15, 0.2) is 22.3 Å². The number of aromatic nitrogens is 8. The maximum atomic E-state index is 12.4. The zero-order valence-corrected chi connectivity index (χ0v) is 42.4. The first-order valence-corrected chi connectivity index (χ1v) is 24.5. The van der Waals surface area contributed by atoms with Gasteiger partial charge in [-0.05, 0) is 75.6 Å². The summed E-state index contributed by atoms with van der Waals surface area (Å²) in [5.41, 5.74) is -0.0201. The summed E-state index contributed by atoms with van der Waals surface area (Å²) in [4.78, 5) is 69.8. The smallest absolute Gasteiger partial charge is 0.280 e. The molecule has 2 saturated heterocycles. The number of hydrogen-bond acceptors (Lipinski definition) is 15. The Balaban J connectivity index is 0.000000341. The van der Waals surface area contributed by atoms with Crippen molar-refractivity contribution in [3.05, 3.63) is 33.4 Å². The molecule has 10 atom stereocenters. The van der Waals surface area contributed by atoms with Crippen molar-refractivity contribution in [2.45, 2.75) is 166 Å². The fourth-order valence-electron chi connectivity index (χ4n) is 8.49. The van der Waals surface area contributed by atoms with Crippen LogP contribution in [0.2, 0.25) is 0 Å². The molecular formula is C42H74N12O9P2. The van der Waals surface area contributed by atoms with Gasteiger partial charge >= 0.3 is 0 Å². The molecular weight excluding hydrogens is 878 g/mol. The Morgan fingerprint density at radius 1 is 0.815 bits per heavy atom. The molecule has 2 amide bonds. The average Bonchev–Trinajstić information content (AvgIpc) is 4.03. The molecule has 6 rings (SSSR count). The predicted octanol–water partition coefficient (Wildman–Crippen LogP) is 6.40. The molecule has 0 radical (unpaired) electrons.